The van der Waals surface area contributed by atoms with Crippen LogP contribution in [0, 0.1) is 30.6 Å². The highest BCUT2D eigenvalue weighted by atomic mass is 16.2. The second-order valence-electron chi connectivity index (χ2n) is 3.88. The molecule has 3 nitrogen and oxygen atoms in total. The third-order valence-electron chi connectivity index (χ3n) is 2.42. The molecule has 0 heterocycles. The van der Waals surface area contributed by atoms with Crippen LogP contribution in [0.25, 0.3) is 0 Å². The second kappa shape index (κ2) is 5.44. The molecule has 1 unspecified atom stereocenters. The summed E-state index contributed by atoms with van der Waals surface area (Å²) >= 11 is 0. The van der Waals surface area contributed by atoms with E-state index >= 15 is 0 Å². The first-order valence-electron chi connectivity index (χ1n) is 5.10. The first-order valence-corrected chi connectivity index (χ1v) is 5.10. The molecular weight excluding hydrogens is 188 g/mol. The predicted octanol–water partition coefficient (Wildman–Crippen LogP) is 0.209. The Morgan fingerprint density at radius 2 is 2.13 bits per heavy atom. The molecule has 0 radical (unpaired) electrons. The van der Waals surface area contributed by atoms with Gasteiger partial charge in [-0.15, -0.1) is 18.8 Å². The standard InChI is InChI=1S/C12H16N2O/c1-3-5-11(13)12(15)14(8-4-2)9-10-6-7-10/h1-2,10-11H,5-9,13H2. The molecule has 1 fully saturated rings. The van der Waals surface area contributed by atoms with Crippen LogP contribution in [0.3, 0.4) is 0 Å². The van der Waals surface area contributed by atoms with Gasteiger partial charge in [-0.3, -0.25) is 4.79 Å². The Hall–Kier alpha value is -1.45. The molecule has 0 aromatic carbocycles. The fourth-order valence-electron chi connectivity index (χ4n) is 1.40. The lowest BCUT2D eigenvalue weighted by atomic mass is 10.2. The van der Waals surface area contributed by atoms with Gasteiger partial charge in [0.25, 0.3) is 0 Å². The maximum absolute atomic E-state index is 11.8. The fourth-order valence-corrected chi connectivity index (χ4v) is 1.40. The highest BCUT2D eigenvalue weighted by Crippen LogP contribution is 2.29. The monoisotopic (exact) mass is 204 g/mol. The van der Waals surface area contributed by atoms with E-state index in [9.17, 15) is 4.79 Å². The molecular formula is C12H16N2O. The Morgan fingerprint density at radius 1 is 1.47 bits per heavy atom. The Bertz CT molecular complexity index is 307. The molecule has 1 atom stereocenters. The van der Waals surface area contributed by atoms with Gasteiger partial charge in [0.1, 0.15) is 0 Å². The zero-order valence-corrected chi connectivity index (χ0v) is 8.78. The van der Waals surface area contributed by atoms with Crippen molar-refractivity contribution in [3.63, 3.8) is 0 Å². The molecule has 0 bridgehead atoms. The third-order valence-corrected chi connectivity index (χ3v) is 2.42. The molecule has 0 spiro atoms. The van der Waals surface area contributed by atoms with Crippen molar-refractivity contribution in [2.45, 2.75) is 25.3 Å². The molecule has 80 valence electrons. The van der Waals surface area contributed by atoms with E-state index in [0.717, 1.165) is 6.54 Å². The molecule has 2 N–H and O–H groups in total. The van der Waals surface area contributed by atoms with Crippen molar-refractivity contribution in [3.8, 4) is 24.7 Å². The van der Waals surface area contributed by atoms with Crippen LogP contribution in [0.2, 0.25) is 0 Å². The minimum absolute atomic E-state index is 0.127. The van der Waals surface area contributed by atoms with Crippen LogP contribution in [0.15, 0.2) is 0 Å². The van der Waals surface area contributed by atoms with Crippen LogP contribution >= 0.6 is 0 Å². The second-order valence-corrected chi connectivity index (χ2v) is 3.88. The maximum Gasteiger partial charge on any atom is 0.241 e. The van der Waals surface area contributed by atoms with Crippen molar-refractivity contribution >= 4 is 5.91 Å². The smallest absolute Gasteiger partial charge is 0.241 e. The van der Waals surface area contributed by atoms with E-state index in [1.54, 1.807) is 4.90 Å². The van der Waals surface area contributed by atoms with E-state index in [2.05, 4.69) is 11.8 Å². The molecule has 3 heteroatoms. The molecule has 1 amide bonds. The summed E-state index contributed by atoms with van der Waals surface area (Å²) in [6.45, 7) is 1.05. The van der Waals surface area contributed by atoms with Crippen LogP contribution in [-0.4, -0.2) is 29.9 Å². The number of hydrogen-bond donors (Lipinski definition) is 1. The molecule has 15 heavy (non-hydrogen) atoms. The minimum atomic E-state index is -0.609. The molecule has 1 aliphatic rings. The van der Waals surface area contributed by atoms with Crippen LogP contribution in [0.1, 0.15) is 19.3 Å². The topological polar surface area (TPSA) is 46.3 Å². The minimum Gasteiger partial charge on any atom is -0.330 e. The number of nitrogens with two attached hydrogens (primary N) is 1. The van der Waals surface area contributed by atoms with Gasteiger partial charge >= 0.3 is 0 Å². The lowest BCUT2D eigenvalue weighted by Gasteiger charge is -2.22. The van der Waals surface area contributed by atoms with Gasteiger partial charge in [-0.1, -0.05) is 5.92 Å². The molecule has 0 aromatic rings. The summed E-state index contributed by atoms with van der Waals surface area (Å²) in [5, 5.41) is 0. The van der Waals surface area contributed by atoms with Crippen molar-refractivity contribution in [1.82, 2.24) is 4.90 Å². The number of terminal acetylenes is 2. The predicted molar refractivity (Wildman–Crippen MR) is 59.6 cm³/mol. The Kier molecular flexibility index (Phi) is 4.21. The fraction of sp³-hybridized carbons (Fsp3) is 0.583. The van der Waals surface area contributed by atoms with Gasteiger partial charge < -0.3 is 10.6 Å². The summed E-state index contributed by atoms with van der Waals surface area (Å²) in [6, 6.07) is -0.609. The Morgan fingerprint density at radius 3 is 2.60 bits per heavy atom. The van der Waals surface area contributed by atoms with Gasteiger partial charge in [0.15, 0.2) is 0 Å². The summed E-state index contributed by atoms with van der Waals surface area (Å²) in [4.78, 5) is 13.4. The Balaban J connectivity index is 2.50. The first kappa shape index (κ1) is 11.6. The van der Waals surface area contributed by atoms with E-state index in [-0.39, 0.29) is 12.3 Å². The Labute approximate surface area is 91.0 Å². The van der Waals surface area contributed by atoms with E-state index in [0.29, 0.717) is 12.5 Å². The van der Waals surface area contributed by atoms with E-state index in [1.165, 1.54) is 12.8 Å². The average Bonchev–Trinajstić information content (AvgIpc) is 3.00. The van der Waals surface area contributed by atoms with E-state index in [1.807, 2.05) is 0 Å². The number of carbonyl (C=O) groups is 1. The summed E-state index contributed by atoms with van der Waals surface area (Å²) in [7, 11) is 0. The van der Waals surface area contributed by atoms with Crippen molar-refractivity contribution < 1.29 is 4.79 Å². The number of carbonyl (C=O) groups excluding carboxylic acids is 1. The number of hydrogen-bond acceptors (Lipinski definition) is 2. The van der Waals surface area contributed by atoms with Gasteiger partial charge in [0.05, 0.1) is 12.6 Å². The number of nitrogens with zero attached hydrogens (tertiary/aromatic N) is 1. The van der Waals surface area contributed by atoms with Gasteiger partial charge in [0.2, 0.25) is 5.91 Å². The zero-order chi connectivity index (χ0) is 11.3. The van der Waals surface area contributed by atoms with E-state index in [4.69, 9.17) is 18.6 Å². The normalized spacial score (nSPS) is 16.2. The molecule has 0 aromatic heterocycles. The largest absolute Gasteiger partial charge is 0.330 e. The van der Waals surface area contributed by atoms with Crippen molar-refractivity contribution in [1.29, 1.82) is 0 Å². The third kappa shape index (κ3) is 3.65. The molecule has 1 saturated carbocycles. The number of rotatable bonds is 5. The molecule has 0 aliphatic heterocycles. The average molecular weight is 204 g/mol. The van der Waals surface area contributed by atoms with E-state index < -0.39 is 6.04 Å². The highest BCUT2D eigenvalue weighted by Gasteiger charge is 2.28. The summed E-state index contributed by atoms with van der Waals surface area (Å²) in [5.41, 5.74) is 5.65. The molecule has 1 aliphatic carbocycles. The summed E-state index contributed by atoms with van der Waals surface area (Å²) in [6.07, 6.45) is 13.0. The lowest BCUT2D eigenvalue weighted by Crippen LogP contribution is -2.44. The molecule has 1 rings (SSSR count). The SMILES string of the molecule is C#CCC(N)C(=O)N(CC#C)CC1CC1. The number of amides is 1. The first-order chi connectivity index (χ1) is 7.19. The van der Waals surface area contributed by atoms with Crippen molar-refractivity contribution in [2.75, 3.05) is 13.1 Å². The maximum atomic E-state index is 11.8. The van der Waals surface area contributed by atoms with Crippen molar-refractivity contribution in [3.05, 3.63) is 0 Å². The van der Waals surface area contributed by atoms with Crippen molar-refractivity contribution in [2.24, 2.45) is 11.7 Å². The van der Waals surface area contributed by atoms with Gasteiger partial charge in [0, 0.05) is 13.0 Å². The summed E-state index contributed by atoms with van der Waals surface area (Å²) in [5.74, 6) is 5.35. The van der Waals surface area contributed by atoms with Crippen LogP contribution in [0.5, 0.6) is 0 Å². The zero-order valence-electron chi connectivity index (χ0n) is 8.78. The van der Waals surface area contributed by atoms with Crippen LogP contribution in [0.4, 0.5) is 0 Å². The lowest BCUT2D eigenvalue weighted by molar-refractivity contribution is -0.132. The quantitative estimate of drug-likeness (QED) is 0.651. The van der Waals surface area contributed by atoms with Gasteiger partial charge in [-0.2, -0.15) is 0 Å². The van der Waals surface area contributed by atoms with Gasteiger partial charge in [-0.05, 0) is 18.8 Å². The highest BCUT2D eigenvalue weighted by molar-refractivity contribution is 5.82. The summed E-state index contributed by atoms with van der Waals surface area (Å²) < 4.78 is 0. The van der Waals surface area contributed by atoms with Gasteiger partial charge in [-0.25, -0.2) is 0 Å². The van der Waals surface area contributed by atoms with Crippen LogP contribution in [-0.2, 0) is 4.79 Å². The molecule has 0 saturated heterocycles. The van der Waals surface area contributed by atoms with Crippen LogP contribution < -0.4 is 5.73 Å².